The van der Waals surface area contributed by atoms with Crippen molar-refractivity contribution in [2.24, 2.45) is 11.8 Å². The lowest BCUT2D eigenvalue weighted by molar-refractivity contribution is 0.177. The Bertz CT molecular complexity index is 1250. The van der Waals surface area contributed by atoms with Crippen LogP contribution in [0.3, 0.4) is 0 Å². The topological polar surface area (TPSA) is 64.7 Å². The first-order valence-electron chi connectivity index (χ1n) is 10.5. The highest BCUT2D eigenvalue weighted by Gasteiger charge is 2.37. The quantitative estimate of drug-likeness (QED) is 0.525. The SMILES string of the molecule is O=c1c2c(N3CC4COCC4C3)cccc2cnn1CCc1cn2ccccc2n1. The standard InChI is InChI=1S/C23H23N5O2/c29-23-22-16(4-3-5-20(22)27-11-17-14-30-15-18(17)12-27)10-24-28(23)9-7-19-13-26-8-2-1-6-21(26)25-19/h1-6,8,10,13,17-18H,7,9,11-12,14-15H2. The van der Waals surface area contributed by atoms with Gasteiger partial charge in [0.25, 0.3) is 5.56 Å². The van der Waals surface area contributed by atoms with E-state index in [1.54, 1.807) is 4.68 Å². The lowest BCUT2D eigenvalue weighted by Crippen LogP contribution is -2.28. The molecule has 0 amide bonds. The van der Waals surface area contributed by atoms with Gasteiger partial charge in [-0.25, -0.2) is 9.67 Å². The molecule has 30 heavy (non-hydrogen) atoms. The zero-order valence-corrected chi connectivity index (χ0v) is 16.6. The fourth-order valence-electron chi connectivity index (χ4n) is 4.85. The number of anilines is 1. The molecule has 0 radical (unpaired) electrons. The number of hydrogen-bond acceptors (Lipinski definition) is 5. The number of pyridine rings is 1. The summed E-state index contributed by atoms with van der Waals surface area (Å²) >= 11 is 0. The fourth-order valence-corrected chi connectivity index (χ4v) is 4.85. The average molecular weight is 401 g/mol. The second-order valence-electron chi connectivity index (χ2n) is 8.33. The summed E-state index contributed by atoms with van der Waals surface area (Å²) in [7, 11) is 0. The van der Waals surface area contributed by atoms with Gasteiger partial charge < -0.3 is 14.0 Å². The average Bonchev–Trinajstić information content (AvgIpc) is 3.47. The Kier molecular flexibility index (Phi) is 4.09. The number of aryl methyl sites for hydroxylation is 2. The molecule has 152 valence electrons. The molecule has 6 rings (SSSR count). The second-order valence-corrected chi connectivity index (χ2v) is 8.33. The van der Waals surface area contributed by atoms with Gasteiger partial charge in [0.1, 0.15) is 5.65 Å². The van der Waals surface area contributed by atoms with E-state index in [0.717, 1.165) is 54.1 Å². The third kappa shape index (κ3) is 2.89. The molecule has 5 heterocycles. The summed E-state index contributed by atoms with van der Waals surface area (Å²) in [4.78, 5) is 20.4. The van der Waals surface area contributed by atoms with Crippen molar-refractivity contribution >= 4 is 22.1 Å². The van der Waals surface area contributed by atoms with Crippen LogP contribution in [-0.4, -0.2) is 45.5 Å². The van der Waals surface area contributed by atoms with E-state index >= 15 is 0 Å². The molecule has 3 aromatic heterocycles. The molecule has 7 heteroatoms. The molecule has 1 aromatic carbocycles. The number of benzene rings is 1. The fraction of sp³-hybridized carbons (Fsp3) is 0.348. The Hall–Kier alpha value is -3.19. The minimum absolute atomic E-state index is 0.0276. The van der Waals surface area contributed by atoms with Gasteiger partial charge in [-0.15, -0.1) is 0 Å². The predicted molar refractivity (Wildman–Crippen MR) is 115 cm³/mol. The van der Waals surface area contributed by atoms with Gasteiger partial charge in [-0.1, -0.05) is 18.2 Å². The molecule has 2 atom stereocenters. The number of fused-ring (bicyclic) bond motifs is 3. The second kappa shape index (κ2) is 6.95. The van der Waals surface area contributed by atoms with Crippen LogP contribution < -0.4 is 10.5 Å². The van der Waals surface area contributed by atoms with Gasteiger partial charge in [0, 0.05) is 49.1 Å². The Balaban J connectivity index is 1.32. The number of aromatic nitrogens is 4. The van der Waals surface area contributed by atoms with Crippen LogP contribution in [0.5, 0.6) is 0 Å². The molecule has 2 unspecified atom stereocenters. The maximum Gasteiger partial charge on any atom is 0.276 e. The normalized spacial score (nSPS) is 21.0. The number of rotatable bonds is 4. The van der Waals surface area contributed by atoms with Crippen LogP contribution in [0.4, 0.5) is 5.69 Å². The third-order valence-electron chi connectivity index (χ3n) is 6.43. The van der Waals surface area contributed by atoms with E-state index in [0.29, 0.717) is 24.8 Å². The van der Waals surface area contributed by atoms with Crippen LogP contribution in [0.1, 0.15) is 5.69 Å². The van der Waals surface area contributed by atoms with Crippen molar-refractivity contribution in [1.29, 1.82) is 0 Å². The van der Waals surface area contributed by atoms with Crippen LogP contribution in [0, 0.1) is 11.8 Å². The van der Waals surface area contributed by atoms with Crippen LogP contribution in [0.25, 0.3) is 16.4 Å². The van der Waals surface area contributed by atoms with Crippen LogP contribution in [-0.2, 0) is 17.7 Å². The predicted octanol–water partition coefficient (Wildman–Crippen LogP) is 2.37. The van der Waals surface area contributed by atoms with Crippen molar-refractivity contribution in [2.45, 2.75) is 13.0 Å². The van der Waals surface area contributed by atoms with E-state index in [2.05, 4.69) is 21.0 Å². The summed E-state index contributed by atoms with van der Waals surface area (Å²) in [6.45, 7) is 4.07. The Labute approximate surface area is 173 Å². The molecule has 2 fully saturated rings. The van der Waals surface area contributed by atoms with Gasteiger partial charge in [0.15, 0.2) is 0 Å². The zero-order valence-electron chi connectivity index (χ0n) is 16.6. The molecule has 2 saturated heterocycles. The van der Waals surface area contributed by atoms with Crippen LogP contribution in [0.15, 0.2) is 59.8 Å². The number of nitrogens with zero attached hydrogens (tertiary/aromatic N) is 5. The number of imidazole rings is 1. The van der Waals surface area contributed by atoms with Crippen molar-refractivity contribution in [2.75, 3.05) is 31.2 Å². The van der Waals surface area contributed by atoms with Crippen molar-refractivity contribution < 1.29 is 4.74 Å². The monoisotopic (exact) mass is 401 g/mol. The first-order valence-corrected chi connectivity index (χ1v) is 10.5. The number of hydrogen-bond donors (Lipinski definition) is 0. The molecule has 0 aliphatic carbocycles. The molecular weight excluding hydrogens is 378 g/mol. The number of ether oxygens (including phenoxy) is 1. The van der Waals surface area contributed by atoms with Gasteiger partial charge in [-0.3, -0.25) is 4.79 Å². The molecule has 0 spiro atoms. The van der Waals surface area contributed by atoms with Crippen molar-refractivity contribution in [3.05, 3.63) is 71.0 Å². The molecular formula is C23H23N5O2. The summed E-state index contributed by atoms with van der Waals surface area (Å²) in [5.74, 6) is 1.14. The highest BCUT2D eigenvalue weighted by atomic mass is 16.5. The first-order chi connectivity index (χ1) is 14.8. The molecule has 0 bridgehead atoms. The van der Waals surface area contributed by atoms with Crippen LogP contribution >= 0.6 is 0 Å². The molecule has 0 saturated carbocycles. The smallest absolute Gasteiger partial charge is 0.276 e. The van der Waals surface area contributed by atoms with E-state index < -0.39 is 0 Å². The van der Waals surface area contributed by atoms with E-state index in [1.165, 1.54) is 0 Å². The van der Waals surface area contributed by atoms with E-state index in [4.69, 9.17) is 4.74 Å². The minimum Gasteiger partial charge on any atom is -0.381 e. The highest BCUT2D eigenvalue weighted by molar-refractivity contribution is 5.93. The zero-order chi connectivity index (χ0) is 20.1. The minimum atomic E-state index is -0.0276. The van der Waals surface area contributed by atoms with E-state index in [1.807, 2.05) is 53.3 Å². The van der Waals surface area contributed by atoms with E-state index in [-0.39, 0.29) is 5.56 Å². The maximum atomic E-state index is 13.4. The third-order valence-corrected chi connectivity index (χ3v) is 6.43. The summed E-state index contributed by atoms with van der Waals surface area (Å²) in [5.41, 5.74) is 2.86. The summed E-state index contributed by atoms with van der Waals surface area (Å²) in [5, 5.41) is 6.10. The van der Waals surface area contributed by atoms with Crippen molar-refractivity contribution in [1.82, 2.24) is 19.2 Å². The lowest BCUT2D eigenvalue weighted by atomic mass is 10.0. The largest absolute Gasteiger partial charge is 0.381 e. The summed E-state index contributed by atoms with van der Waals surface area (Å²) < 4.78 is 9.19. The molecule has 0 N–H and O–H groups in total. The molecule has 4 aromatic rings. The van der Waals surface area contributed by atoms with Gasteiger partial charge in [-0.05, 0) is 18.2 Å². The van der Waals surface area contributed by atoms with Crippen molar-refractivity contribution in [3.8, 4) is 0 Å². The van der Waals surface area contributed by atoms with E-state index in [9.17, 15) is 4.79 Å². The maximum absolute atomic E-state index is 13.4. The van der Waals surface area contributed by atoms with Crippen molar-refractivity contribution in [3.63, 3.8) is 0 Å². The summed E-state index contributed by atoms with van der Waals surface area (Å²) in [6, 6.07) is 12.0. The van der Waals surface area contributed by atoms with Crippen LogP contribution in [0.2, 0.25) is 0 Å². The Morgan fingerprint density at radius 2 is 1.93 bits per heavy atom. The molecule has 2 aliphatic rings. The van der Waals surface area contributed by atoms with Gasteiger partial charge in [0.05, 0.1) is 42.7 Å². The lowest BCUT2D eigenvalue weighted by Gasteiger charge is -2.21. The van der Waals surface area contributed by atoms with Gasteiger partial charge in [-0.2, -0.15) is 5.10 Å². The Morgan fingerprint density at radius 3 is 2.77 bits per heavy atom. The van der Waals surface area contributed by atoms with Gasteiger partial charge >= 0.3 is 0 Å². The summed E-state index contributed by atoms with van der Waals surface area (Å²) in [6.07, 6.45) is 6.46. The Morgan fingerprint density at radius 1 is 1.07 bits per heavy atom. The van der Waals surface area contributed by atoms with Gasteiger partial charge in [0.2, 0.25) is 0 Å². The highest BCUT2D eigenvalue weighted by Crippen LogP contribution is 2.34. The first kappa shape index (κ1) is 17.7. The molecule has 7 nitrogen and oxygen atoms in total. The molecule has 2 aliphatic heterocycles.